The van der Waals surface area contributed by atoms with Gasteiger partial charge < -0.3 is 9.64 Å². The zero-order chi connectivity index (χ0) is 19.7. The van der Waals surface area contributed by atoms with Gasteiger partial charge in [-0.2, -0.15) is 0 Å². The Morgan fingerprint density at radius 2 is 1.74 bits per heavy atom. The van der Waals surface area contributed by atoms with Crippen molar-refractivity contribution in [1.29, 1.82) is 0 Å². The number of carbonyl (C=O) groups is 2. The Balaban J connectivity index is 2.09. The summed E-state index contributed by atoms with van der Waals surface area (Å²) in [5.41, 5.74) is 4.13. The lowest BCUT2D eigenvalue weighted by Gasteiger charge is -2.37. The largest absolute Gasteiger partial charge is 0.372 e. The van der Waals surface area contributed by atoms with Crippen LogP contribution in [0.4, 0.5) is 0 Å². The van der Waals surface area contributed by atoms with Gasteiger partial charge in [-0.25, -0.2) is 0 Å². The Hall–Kier alpha value is -2.14. The van der Waals surface area contributed by atoms with Crippen molar-refractivity contribution < 1.29 is 14.3 Å². The molecule has 5 nitrogen and oxygen atoms in total. The van der Waals surface area contributed by atoms with Gasteiger partial charge in [0.25, 0.3) is 11.8 Å². The minimum Gasteiger partial charge on any atom is -0.372 e. The number of rotatable bonds is 5. The molecule has 2 heterocycles. The molecular weight excluding hydrogens is 340 g/mol. The van der Waals surface area contributed by atoms with E-state index in [4.69, 9.17) is 4.74 Å². The molecule has 0 saturated carbocycles. The lowest BCUT2D eigenvalue weighted by Crippen LogP contribution is -2.47. The highest BCUT2D eigenvalue weighted by molar-refractivity contribution is 6.35. The van der Waals surface area contributed by atoms with Crippen molar-refractivity contribution in [2.75, 3.05) is 19.6 Å². The second kappa shape index (κ2) is 7.85. The summed E-state index contributed by atoms with van der Waals surface area (Å²) in [5, 5.41) is 0. The van der Waals surface area contributed by atoms with Gasteiger partial charge in [-0.15, -0.1) is 0 Å². The second-order valence-corrected chi connectivity index (χ2v) is 7.82. The topological polar surface area (TPSA) is 49.9 Å². The average Bonchev–Trinajstić information content (AvgIpc) is 2.83. The van der Waals surface area contributed by atoms with Crippen LogP contribution < -0.4 is 0 Å². The van der Waals surface area contributed by atoms with Crippen molar-refractivity contribution in [2.24, 2.45) is 0 Å². The van der Waals surface area contributed by atoms with Crippen LogP contribution in [0.3, 0.4) is 0 Å². The van der Waals surface area contributed by atoms with Crippen LogP contribution >= 0.6 is 0 Å². The Kier molecular flexibility index (Phi) is 5.70. The van der Waals surface area contributed by atoms with Crippen molar-refractivity contribution in [3.8, 4) is 0 Å². The van der Waals surface area contributed by atoms with Crippen LogP contribution in [0.5, 0.6) is 0 Å². The predicted molar refractivity (Wildman–Crippen MR) is 106 cm³/mol. The van der Waals surface area contributed by atoms with E-state index in [1.165, 1.54) is 4.90 Å². The number of unbranched alkanes of at least 4 members (excludes halogenated alkanes) is 1. The number of aryl methyl sites for hydroxylation is 2. The number of hydrogen-bond acceptors (Lipinski definition) is 4. The van der Waals surface area contributed by atoms with Gasteiger partial charge in [0.15, 0.2) is 0 Å². The molecule has 2 atom stereocenters. The second-order valence-electron chi connectivity index (χ2n) is 7.82. The van der Waals surface area contributed by atoms with Crippen LogP contribution in [-0.2, 0) is 14.3 Å². The van der Waals surface area contributed by atoms with Crippen molar-refractivity contribution in [3.05, 3.63) is 40.6 Å². The smallest absolute Gasteiger partial charge is 0.277 e. The molecule has 2 aliphatic rings. The van der Waals surface area contributed by atoms with E-state index in [0.29, 0.717) is 30.9 Å². The molecule has 2 unspecified atom stereocenters. The average molecular weight is 370 g/mol. The molecule has 146 valence electrons. The van der Waals surface area contributed by atoms with Gasteiger partial charge in [0, 0.05) is 19.6 Å². The molecule has 0 radical (unpaired) electrons. The Morgan fingerprint density at radius 3 is 2.33 bits per heavy atom. The lowest BCUT2D eigenvalue weighted by atomic mass is 9.97. The van der Waals surface area contributed by atoms with Gasteiger partial charge in [-0.1, -0.05) is 37.1 Å². The van der Waals surface area contributed by atoms with Crippen molar-refractivity contribution in [3.63, 3.8) is 0 Å². The van der Waals surface area contributed by atoms with Gasteiger partial charge in [-0.3, -0.25) is 14.5 Å². The number of amides is 2. The number of hydrogen-bond donors (Lipinski definition) is 0. The number of morpholine rings is 1. The fraction of sp³-hybridized carbons (Fsp3) is 0.545. The fourth-order valence-corrected chi connectivity index (χ4v) is 4.07. The summed E-state index contributed by atoms with van der Waals surface area (Å²) in [5.74, 6) is -0.327. The molecule has 5 heteroatoms. The molecule has 1 saturated heterocycles. The van der Waals surface area contributed by atoms with Crippen LogP contribution in [0.15, 0.2) is 23.9 Å². The first-order valence-corrected chi connectivity index (χ1v) is 9.92. The van der Waals surface area contributed by atoms with Crippen molar-refractivity contribution in [1.82, 2.24) is 9.80 Å². The first-order valence-electron chi connectivity index (χ1n) is 9.92. The van der Waals surface area contributed by atoms with Crippen LogP contribution in [0.25, 0.3) is 5.57 Å². The SMILES string of the molecule is CCCCN1C(=O)C(c2ccc(C)cc2C)=C(N2CC(C)OC(C)C2)C1=O. The molecule has 0 aromatic heterocycles. The Morgan fingerprint density at radius 1 is 1.07 bits per heavy atom. The van der Waals surface area contributed by atoms with E-state index in [2.05, 4.69) is 17.9 Å². The molecule has 0 N–H and O–H groups in total. The maximum atomic E-state index is 13.3. The zero-order valence-electron chi connectivity index (χ0n) is 17.0. The van der Waals surface area contributed by atoms with Crippen molar-refractivity contribution >= 4 is 17.4 Å². The van der Waals surface area contributed by atoms with Crippen LogP contribution in [0, 0.1) is 13.8 Å². The first kappa shape index (κ1) is 19.6. The van der Waals surface area contributed by atoms with Crippen LogP contribution in [-0.4, -0.2) is 53.5 Å². The molecule has 1 fully saturated rings. The summed E-state index contributed by atoms with van der Waals surface area (Å²) >= 11 is 0. The summed E-state index contributed by atoms with van der Waals surface area (Å²) in [6.07, 6.45) is 1.81. The van der Waals surface area contributed by atoms with Gasteiger partial charge in [0.05, 0.1) is 17.8 Å². The maximum absolute atomic E-state index is 13.3. The van der Waals surface area contributed by atoms with Gasteiger partial charge in [-0.05, 0) is 45.2 Å². The monoisotopic (exact) mass is 370 g/mol. The molecule has 3 rings (SSSR count). The van der Waals surface area contributed by atoms with E-state index in [9.17, 15) is 9.59 Å². The van der Waals surface area contributed by atoms with Gasteiger partial charge >= 0.3 is 0 Å². The normalized spacial score (nSPS) is 23.6. The predicted octanol–water partition coefficient (Wildman–Crippen LogP) is 3.29. The number of imide groups is 1. The fourth-order valence-electron chi connectivity index (χ4n) is 4.07. The maximum Gasteiger partial charge on any atom is 0.277 e. The van der Waals surface area contributed by atoms with Gasteiger partial charge in [0.1, 0.15) is 5.70 Å². The summed E-state index contributed by atoms with van der Waals surface area (Å²) in [6.45, 7) is 11.8. The summed E-state index contributed by atoms with van der Waals surface area (Å²) in [4.78, 5) is 30.0. The molecule has 1 aromatic carbocycles. The summed E-state index contributed by atoms with van der Waals surface area (Å²) < 4.78 is 5.84. The van der Waals surface area contributed by atoms with Crippen molar-refractivity contribution in [2.45, 2.75) is 59.7 Å². The van der Waals surface area contributed by atoms with E-state index in [-0.39, 0.29) is 24.0 Å². The first-order chi connectivity index (χ1) is 12.8. The molecular formula is C22H30N2O3. The molecule has 27 heavy (non-hydrogen) atoms. The highest BCUT2D eigenvalue weighted by Gasteiger charge is 2.43. The Bertz CT molecular complexity index is 774. The zero-order valence-corrected chi connectivity index (χ0v) is 17.0. The van der Waals surface area contributed by atoms with E-state index >= 15 is 0 Å². The van der Waals surface area contributed by atoms with Gasteiger partial charge in [0.2, 0.25) is 0 Å². The van der Waals surface area contributed by atoms with E-state index in [0.717, 1.165) is 29.5 Å². The standard InChI is InChI=1S/C22H30N2O3/c1-6-7-10-24-21(25)19(18-9-8-14(2)11-15(18)3)20(22(24)26)23-12-16(4)27-17(5)13-23/h8-9,11,16-17H,6-7,10,12-13H2,1-5H3. The number of carbonyl (C=O) groups excluding carboxylic acids is 2. The molecule has 0 spiro atoms. The minimum atomic E-state index is -0.165. The lowest BCUT2D eigenvalue weighted by molar-refractivity contribution is -0.138. The third-order valence-electron chi connectivity index (χ3n) is 5.27. The van der Waals surface area contributed by atoms with Crippen LogP contribution in [0.1, 0.15) is 50.3 Å². The molecule has 0 aliphatic carbocycles. The third-order valence-corrected chi connectivity index (χ3v) is 5.27. The summed E-state index contributed by atoms with van der Waals surface area (Å²) in [7, 11) is 0. The highest BCUT2D eigenvalue weighted by atomic mass is 16.5. The molecule has 2 amide bonds. The number of benzene rings is 1. The third kappa shape index (κ3) is 3.79. The van der Waals surface area contributed by atoms with Crippen LogP contribution in [0.2, 0.25) is 0 Å². The molecule has 2 aliphatic heterocycles. The minimum absolute atomic E-state index is 0.0224. The van der Waals surface area contributed by atoms with E-state index < -0.39 is 0 Å². The summed E-state index contributed by atoms with van der Waals surface area (Å²) in [6, 6.07) is 6.04. The van der Waals surface area contributed by atoms with E-state index in [1.54, 1.807) is 0 Å². The number of nitrogens with zero attached hydrogens (tertiary/aromatic N) is 2. The highest BCUT2D eigenvalue weighted by Crippen LogP contribution is 2.35. The number of ether oxygens (including phenoxy) is 1. The molecule has 0 bridgehead atoms. The molecule has 1 aromatic rings. The quantitative estimate of drug-likeness (QED) is 0.747. The van der Waals surface area contributed by atoms with E-state index in [1.807, 2.05) is 39.8 Å². The Labute approximate surface area is 162 Å².